The monoisotopic (exact) mass is 463 g/mol. The van der Waals surface area contributed by atoms with Crippen molar-refractivity contribution in [1.29, 1.82) is 5.26 Å². The number of nitrogen functional groups attached to an aromatic ring is 1. The van der Waals surface area contributed by atoms with Gasteiger partial charge in [0, 0.05) is 30.2 Å². The van der Waals surface area contributed by atoms with Gasteiger partial charge in [0.25, 0.3) is 5.91 Å². The van der Waals surface area contributed by atoms with Gasteiger partial charge in [0.15, 0.2) is 0 Å². The molecular formula is C25H26FN5OS. The topological polar surface area (TPSA) is 95.0 Å². The number of benzene rings is 1. The van der Waals surface area contributed by atoms with Crippen LogP contribution >= 0.6 is 11.3 Å². The minimum Gasteiger partial charge on any atom is -0.397 e. The first kappa shape index (κ1) is 21.7. The number of amides is 1. The van der Waals surface area contributed by atoms with Crippen LogP contribution < -0.4 is 16.0 Å². The molecule has 1 fully saturated rings. The third-order valence-electron chi connectivity index (χ3n) is 6.75. The van der Waals surface area contributed by atoms with Gasteiger partial charge in [0.05, 0.1) is 16.9 Å². The Morgan fingerprint density at radius 1 is 1.30 bits per heavy atom. The number of piperidine rings is 1. The van der Waals surface area contributed by atoms with Crippen LogP contribution in [-0.2, 0) is 12.8 Å². The second-order valence-electron chi connectivity index (χ2n) is 8.93. The lowest BCUT2D eigenvalue weighted by atomic mass is 9.84. The molecule has 1 aliphatic carbocycles. The molecule has 0 saturated carbocycles. The van der Waals surface area contributed by atoms with Crippen LogP contribution in [0.3, 0.4) is 0 Å². The van der Waals surface area contributed by atoms with Gasteiger partial charge in [-0.3, -0.25) is 4.79 Å². The Labute approximate surface area is 196 Å². The lowest BCUT2D eigenvalue weighted by Crippen LogP contribution is -2.39. The van der Waals surface area contributed by atoms with Gasteiger partial charge in [-0.1, -0.05) is 0 Å². The summed E-state index contributed by atoms with van der Waals surface area (Å²) in [6, 6.07) is 7.40. The van der Waals surface area contributed by atoms with Crippen molar-refractivity contribution in [1.82, 2.24) is 10.3 Å². The van der Waals surface area contributed by atoms with Gasteiger partial charge in [-0.15, -0.1) is 11.3 Å². The van der Waals surface area contributed by atoms with Crippen molar-refractivity contribution in [2.45, 2.75) is 51.5 Å². The minimum absolute atomic E-state index is 0.216. The van der Waals surface area contributed by atoms with Crippen molar-refractivity contribution in [3.8, 4) is 6.07 Å². The van der Waals surface area contributed by atoms with E-state index in [2.05, 4.69) is 21.3 Å². The molecule has 170 valence electrons. The van der Waals surface area contributed by atoms with E-state index in [4.69, 9.17) is 5.73 Å². The summed E-state index contributed by atoms with van der Waals surface area (Å²) in [5.41, 5.74) is 10.2. The SMILES string of the molecule is Cc1ccc2c(N)c(C(=O)N[C@H]3CCc4c(C#N)c(N5CCCCC5)cc(F)c4C3)sc2n1. The third kappa shape index (κ3) is 3.91. The minimum atomic E-state index is -0.287. The zero-order chi connectivity index (χ0) is 23.1. The predicted octanol–water partition coefficient (Wildman–Crippen LogP) is 4.48. The summed E-state index contributed by atoms with van der Waals surface area (Å²) in [6.45, 7) is 3.61. The summed E-state index contributed by atoms with van der Waals surface area (Å²) in [4.78, 5) is 20.8. The van der Waals surface area contributed by atoms with Crippen LogP contribution in [0.25, 0.3) is 10.2 Å². The standard InChI is InChI=1S/C25H26FN5OS/c1-14-5-7-17-22(28)23(33-25(17)29-14)24(32)30-15-6-8-16-18(11-15)20(26)12-21(19(16)13-27)31-9-3-2-4-10-31/h5,7,12,15H,2-4,6,8-11,28H2,1H3,(H,30,32)/t15-/m0/s1. The number of nitrogens with one attached hydrogen (secondary N) is 1. The Kier molecular flexibility index (Phi) is 5.67. The fourth-order valence-corrected chi connectivity index (χ4v) is 6.08. The first-order chi connectivity index (χ1) is 16.0. The first-order valence-corrected chi connectivity index (χ1v) is 12.2. The highest BCUT2D eigenvalue weighted by Crippen LogP contribution is 2.36. The molecule has 0 spiro atoms. The number of rotatable bonds is 3. The molecule has 1 aromatic carbocycles. The highest BCUT2D eigenvalue weighted by atomic mass is 32.1. The molecule has 2 aliphatic rings. The predicted molar refractivity (Wildman–Crippen MR) is 129 cm³/mol. The number of hydrogen-bond acceptors (Lipinski definition) is 6. The molecular weight excluding hydrogens is 437 g/mol. The maximum atomic E-state index is 15.2. The lowest BCUT2D eigenvalue weighted by molar-refractivity contribution is 0.0938. The van der Waals surface area contributed by atoms with E-state index in [9.17, 15) is 10.1 Å². The Balaban J connectivity index is 1.39. The summed E-state index contributed by atoms with van der Waals surface area (Å²) >= 11 is 1.28. The number of thiophene rings is 1. The molecule has 1 atom stereocenters. The number of aryl methyl sites for hydroxylation is 1. The highest BCUT2D eigenvalue weighted by Gasteiger charge is 2.29. The Morgan fingerprint density at radius 2 is 2.09 bits per heavy atom. The summed E-state index contributed by atoms with van der Waals surface area (Å²) in [5.74, 6) is -0.544. The van der Waals surface area contributed by atoms with E-state index >= 15 is 4.39 Å². The van der Waals surface area contributed by atoms with Crippen molar-refractivity contribution in [2.24, 2.45) is 0 Å². The fraction of sp³-hybridized carbons (Fsp3) is 0.400. The molecule has 33 heavy (non-hydrogen) atoms. The van der Waals surface area contributed by atoms with Crippen molar-refractivity contribution in [3.63, 3.8) is 0 Å². The summed E-state index contributed by atoms with van der Waals surface area (Å²) in [6.07, 6.45) is 4.88. The summed E-state index contributed by atoms with van der Waals surface area (Å²) < 4.78 is 15.2. The summed E-state index contributed by atoms with van der Waals surface area (Å²) in [5, 5.41) is 13.7. The van der Waals surface area contributed by atoms with Crippen molar-refractivity contribution in [3.05, 3.63) is 51.3 Å². The number of halogens is 1. The van der Waals surface area contributed by atoms with Crippen LogP contribution in [0, 0.1) is 24.1 Å². The van der Waals surface area contributed by atoms with Gasteiger partial charge in [-0.2, -0.15) is 5.26 Å². The maximum absolute atomic E-state index is 15.2. The molecule has 1 saturated heterocycles. The first-order valence-electron chi connectivity index (χ1n) is 11.4. The maximum Gasteiger partial charge on any atom is 0.263 e. The second-order valence-corrected chi connectivity index (χ2v) is 9.93. The number of pyridine rings is 1. The zero-order valence-corrected chi connectivity index (χ0v) is 19.4. The van der Waals surface area contributed by atoms with E-state index in [0.717, 1.165) is 53.1 Å². The van der Waals surface area contributed by atoms with Crippen LogP contribution in [0.15, 0.2) is 18.2 Å². The van der Waals surface area contributed by atoms with Gasteiger partial charge in [0.2, 0.25) is 0 Å². The van der Waals surface area contributed by atoms with Gasteiger partial charge >= 0.3 is 0 Å². The molecule has 2 aromatic heterocycles. The molecule has 3 heterocycles. The average molecular weight is 464 g/mol. The van der Waals surface area contributed by atoms with Gasteiger partial charge in [-0.05, 0) is 74.8 Å². The molecule has 1 aliphatic heterocycles. The van der Waals surface area contributed by atoms with Gasteiger partial charge in [-0.25, -0.2) is 9.37 Å². The third-order valence-corrected chi connectivity index (χ3v) is 7.86. The van der Waals surface area contributed by atoms with Crippen molar-refractivity contribution in [2.75, 3.05) is 23.7 Å². The number of nitrogens with two attached hydrogens (primary N) is 1. The number of anilines is 2. The van der Waals surface area contributed by atoms with Crippen LogP contribution in [0.2, 0.25) is 0 Å². The van der Waals surface area contributed by atoms with Crippen molar-refractivity contribution >= 4 is 38.8 Å². The molecule has 5 rings (SSSR count). The van der Waals surface area contributed by atoms with Gasteiger partial charge in [0.1, 0.15) is 21.6 Å². The van der Waals surface area contributed by atoms with Crippen molar-refractivity contribution < 1.29 is 9.18 Å². The van der Waals surface area contributed by atoms with Crippen LogP contribution in [-0.4, -0.2) is 30.0 Å². The van der Waals surface area contributed by atoms with Crippen LogP contribution in [0.1, 0.15) is 57.7 Å². The van der Waals surface area contributed by atoms with E-state index in [0.29, 0.717) is 41.0 Å². The molecule has 0 unspecified atom stereocenters. The molecule has 3 aromatic rings. The second kappa shape index (κ2) is 8.64. The zero-order valence-electron chi connectivity index (χ0n) is 18.6. The fourth-order valence-electron chi connectivity index (χ4n) is 5.03. The van der Waals surface area contributed by atoms with E-state index in [1.807, 2.05) is 19.1 Å². The number of aromatic nitrogens is 1. The molecule has 1 amide bonds. The van der Waals surface area contributed by atoms with E-state index in [-0.39, 0.29) is 17.8 Å². The Bertz CT molecular complexity index is 1290. The Morgan fingerprint density at radius 3 is 2.85 bits per heavy atom. The largest absolute Gasteiger partial charge is 0.397 e. The Hall–Kier alpha value is -3.18. The number of carbonyl (C=O) groups excluding carboxylic acids is 1. The molecule has 0 bridgehead atoms. The van der Waals surface area contributed by atoms with E-state index < -0.39 is 0 Å². The quantitative estimate of drug-likeness (QED) is 0.597. The number of carbonyl (C=O) groups is 1. The number of hydrogen-bond donors (Lipinski definition) is 2. The molecule has 3 N–H and O–H groups in total. The number of fused-ring (bicyclic) bond motifs is 2. The smallest absolute Gasteiger partial charge is 0.263 e. The molecule has 0 radical (unpaired) electrons. The van der Waals surface area contributed by atoms with E-state index in [1.165, 1.54) is 23.8 Å². The van der Waals surface area contributed by atoms with Gasteiger partial charge < -0.3 is 16.0 Å². The van der Waals surface area contributed by atoms with Crippen LogP contribution in [0.4, 0.5) is 15.8 Å². The normalized spacial score (nSPS) is 18.1. The average Bonchev–Trinajstić information content (AvgIpc) is 3.15. The highest BCUT2D eigenvalue weighted by molar-refractivity contribution is 7.21. The summed E-state index contributed by atoms with van der Waals surface area (Å²) in [7, 11) is 0. The molecule has 8 heteroatoms. The number of nitrogens with zero attached hydrogens (tertiary/aromatic N) is 3. The molecule has 6 nitrogen and oxygen atoms in total. The number of nitriles is 1. The lowest BCUT2D eigenvalue weighted by Gasteiger charge is -2.33. The van der Waals surface area contributed by atoms with E-state index in [1.54, 1.807) is 0 Å². The van der Waals surface area contributed by atoms with Crippen LogP contribution in [0.5, 0.6) is 0 Å².